The number of rotatable bonds is 5. The fourth-order valence-electron chi connectivity index (χ4n) is 3.03. The number of carbonyl (C=O) groups excluding carboxylic acids is 1. The second-order valence-corrected chi connectivity index (χ2v) is 6.38. The summed E-state index contributed by atoms with van der Waals surface area (Å²) in [6.45, 7) is 1.63. The van der Waals surface area contributed by atoms with Crippen LogP contribution in [0.1, 0.15) is 63.7 Å². The molecule has 1 heterocycles. The van der Waals surface area contributed by atoms with Crippen LogP contribution in [0.3, 0.4) is 0 Å². The molecule has 1 saturated carbocycles. The van der Waals surface area contributed by atoms with E-state index in [1.165, 1.54) is 16.8 Å². The van der Waals surface area contributed by atoms with Gasteiger partial charge in [0.25, 0.3) is 12.3 Å². The monoisotopic (exact) mass is 373 g/mol. The van der Waals surface area contributed by atoms with Crippen molar-refractivity contribution in [1.82, 2.24) is 9.78 Å². The summed E-state index contributed by atoms with van der Waals surface area (Å²) in [5.41, 5.74) is 3.59. The zero-order valence-corrected chi connectivity index (χ0v) is 13.8. The maximum absolute atomic E-state index is 13.3. The Morgan fingerprint density at radius 2 is 2.00 bits per heavy atom. The van der Waals surface area contributed by atoms with Gasteiger partial charge in [0.05, 0.1) is 22.9 Å². The third-order valence-electron chi connectivity index (χ3n) is 4.31. The van der Waals surface area contributed by atoms with Crippen molar-refractivity contribution >= 4 is 5.91 Å². The Balaban J connectivity index is 2.16. The third kappa shape index (κ3) is 3.42. The van der Waals surface area contributed by atoms with Crippen LogP contribution in [0, 0.1) is 6.92 Å². The molecule has 3 rings (SSSR count). The minimum atomic E-state index is -4.61. The number of aryl methyl sites for hydroxylation is 1. The molecular formula is C17H16F5N3O. The molecule has 0 spiro atoms. The Labute approximate surface area is 145 Å². The van der Waals surface area contributed by atoms with Crippen molar-refractivity contribution in [2.75, 3.05) is 0 Å². The predicted molar refractivity (Wildman–Crippen MR) is 83.0 cm³/mol. The van der Waals surface area contributed by atoms with E-state index in [2.05, 4.69) is 5.10 Å². The summed E-state index contributed by atoms with van der Waals surface area (Å²) in [5, 5.41) is 3.79. The van der Waals surface area contributed by atoms with E-state index in [0.717, 1.165) is 6.07 Å². The number of halogens is 5. The molecule has 0 aliphatic heterocycles. The largest absolute Gasteiger partial charge is 0.416 e. The highest BCUT2D eigenvalue weighted by molar-refractivity contribution is 5.95. The van der Waals surface area contributed by atoms with E-state index in [4.69, 9.17) is 5.73 Å². The molecule has 2 aromatic rings. The zero-order valence-electron chi connectivity index (χ0n) is 13.8. The average Bonchev–Trinajstić information content (AvgIpc) is 3.27. The number of nitrogens with zero attached hydrogens (tertiary/aromatic N) is 2. The van der Waals surface area contributed by atoms with E-state index in [-0.39, 0.29) is 23.7 Å². The lowest BCUT2D eigenvalue weighted by molar-refractivity contribution is -0.138. The average molecular weight is 373 g/mol. The van der Waals surface area contributed by atoms with Gasteiger partial charge in [0.1, 0.15) is 5.69 Å². The SMILES string of the molecule is Cc1ccc(C(F)(F)F)c(Cc2c(C(N)=O)c(C(F)F)nn2C2CC2)c1. The van der Waals surface area contributed by atoms with Gasteiger partial charge in [0.2, 0.25) is 0 Å². The quantitative estimate of drug-likeness (QED) is 0.800. The lowest BCUT2D eigenvalue weighted by Gasteiger charge is -2.15. The molecule has 1 aliphatic carbocycles. The molecule has 0 atom stereocenters. The number of alkyl halides is 5. The number of primary amides is 1. The summed E-state index contributed by atoms with van der Waals surface area (Å²) < 4.78 is 67.7. The predicted octanol–water partition coefficient (Wildman–Crippen LogP) is 4.17. The van der Waals surface area contributed by atoms with E-state index in [1.54, 1.807) is 6.92 Å². The molecule has 0 radical (unpaired) electrons. The van der Waals surface area contributed by atoms with Crippen LogP contribution in [-0.2, 0) is 12.6 Å². The maximum atomic E-state index is 13.3. The highest BCUT2D eigenvalue weighted by Gasteiger charge is 2.37. The van der Waals surface area contributed by atoms with E-state index < -0.39 is 35.3 Å². The Kier molecular flexibility index (Phi) is 4.49. The van der Waals surface area contributed by atoms with Crippen molar-refractivity contribution in [3.63, 3.8) is 0 Å². The molecule has 1 aromatic carbocycles. The summed E-state index contributed by atoms with van der Waals surface area (Å²) in [6, 6.07) is 3.40. The number of hydrogen-bond acceptors (Lipinski definition) is 2. The van der Waals surface area contributed by atoms with Gasteiger partial charge in [-0.05, 0) is 31.4 Å². The molecule has 0 bridgehead atoms. The minimum Gasteiger partial charge on any atom is -0.365 e. The number of benzene rings is 1. The summed E-state index contributed by atoms with van der Waals surface area (Å²) >= 11 is 0. The molecule has 26 heavy (non-hydrogen) atoms. The number of aromatic nitrogens is 2. The molecule has 2 N–H and O–H groups in total. The topological polar surface area (TPSA) is 60.9 Å². The van der Waals surface area contributed by atoms with Gasteiger partial charge in [-0.25, -0.2) is 8.78 Å². The Morgan fingerprint density at radius 3 is 2.50 bits per heavy atom. The second-order valence-electron chi connectivity index (χ2n) is 6.38. The first-order chi connectivity index (χ1) is 12.1. The molecular weight excluding hydrogens is 357 g/mol. The van der Waals surface area contributed by atoms with Gasteiger partial charge in [-0.15, -0.1) is 0 Å². The fourth-order valence-corrected chi connectivity index (χ4v) is 3.03. The molecule has 1 amide bonds. The fraction of sp³-hybridized carbons (Fsp3) is 0.412. The van der Waals surface area contributed by atoms with Gasteiger partial charge in [0.15, 0.2) is 0 Å². The second kappa shape index (κ2) is 6.37. The molecule has 1 aliphatic rings. The van der Waals surface area contributed by atoms with E-state index in [9.17, 15) is 26.7 Å². The van der Waals surface area contributed by atoms with Crippen molar-refractivity contribution in [2.45, 2.75) is 44.8 Å². The van der Waals surface area contributed by atoms with E-state index in [1.807, 2.05) is 0 Å². The lowest BCUT2D eigenvalue weighted by Crippen LogP contribution is -2.17. The van der Waals surface area contributed by atoms with Gasteiger partial charge in [-0.1, -0.05) is 17.7 Å². The van der Waals surface area contributed by atoms with Gasteiger partial charge < -0.3 is 5.73 Å². The Hall–Kier alpha value is -2.45. The van der Waals surface area contributed by atoms with Crippen LogP contribution in [0.25, 0.3) is 0 Å². The van der Waals surface area contributed by atoms with Crippen molar-refractivity contribution in [3.8, 4) is 0 Å². The molecule has 1 fully saturated rings. The van der Waals surface area contributed by atoms with Crippen LogP contribution in [-0.4, -0.2) is 15.7 Å². The van der Waals surface area contributed by atoms with Crippen molar-refractivity contribution < 1.29 is 26.7 Å². The van der Waals surface area contributed by atoms with Crippen molar-refractivity contribution in [3.05, 3.63) is 51.8 Å². The number of carbonyl (C=O) groups is 1. The summed E-state index contributed by atoms with van der Waals surface area (Å²) in [6.07, 6.45) is -6.68. The lowest BCUT2D eigenvalue weighted by atomic mass is 9.97. The summed E-state index contributed by atoms with van der Waals surface area (Å²) in [4.78, 5) is 11.8. The highest BCUT2D eigenvalue weighted by atomic mass is 19.4. The molecule has 1 aromatic heterocycles. The first kappa shape index (κ1) is 18.3. The van der Waals surface area contributed by atoms with Crippen LogP contribution in [0.4, 0.5) is 22.0 Å². The summed E-state index contributed by atoms with van der Waals surface area (Å²) in [7, 11) is 0. The minimum absolute atomic E-state index is 0.00593. The Morgan fingerprint density at radius 1 is 1.35 bits per heavy atom. The van der Waals surface area contributed by atoms with Crippen molar-refractivity contribution in [2.24, 2.45) is 5.73 Å². The smallest absolute Gasteiger partial charge is 0.365 e. The standard InChI is InChI=1S/C17H16F5N3O/c1-8-2-5-11(17(20,21)22)9(6-8)7-12-13(16(23)26)14(15(18)19)24-25(12)10-3-4-10/h2,5-6,10,15H,3-4,7H2,1H3,(H2,23,26). The normalized spacial score (nSPS) is 14.9. The summed E-state index contributed by atoms with van der Waals surface area (Å²) in [5.74, 6) is -1.12. The van der Waals surface area contributed by atoms with Gasteiger partial charge in [-0.3, -0.25) is 9.48 Å². The van der Waals surface area contributed by atoms with Crippen LogP contribution >= 0.6 is 0 Å². The van der Waals surface area contributed by atoms with Gasteiger partial charge in [0, 0.05) is 6.42 Å². The number of nitrogens with two attached hydrogens (primary N) is 1. The first-order valence-electron chi connectivity index (χ1n) is 7.95. The molecule has 4 nitrogen and oxygen atoms in total. The first-order valence-corrected chi connectivity index (χ1v) is 7.95. The number of hydrogen-bond donors (Lipinski definition) is 1. The number of amides is 1. The molecule has 140 valence electrons. The highest BCUT2D eigenvalue weighted by Crippen LogP contribution is 2.40. The van der Waals surface area contributed by atoms with Crippen LogP contribution in [0.15, 0.2) is 18.2 Å². The van der Waals surface area contributed by atoms with E-state index in [0.29, 0.717) is 18.4 Å². The molecule has 0 saturated heterocycles. The molecule has 9 heteroatoms. The van der Waals surface area contributed by atoms with Crippen LogP contribution < -0.4 is 5.73 Å². The van der Waals surface area contributed by atoms with Crippen LogP contribution in [0.2, 0.25) is 0 Å². The Bertz CT molecular complexity index is 853. The zero-order chi connectivity index (χ0) is 19.2. The third-order valence-corrected chi connectivity index (χ3v) is 4.31. The van der Waals surface area contributed by atoms with Crippen LogP contribution in [0.5, 0.6) is 0 Å². The maximum Gasteiger partial charge on any atom is 0.416 e. The molecule has 0 unspecified atom stereocenters. The van der Waals surface area contributed by atoms with Gasteiger partial charge in [-0.2, -0.15) is 18.3 Å². The van der Waals surface area contributed by atoms with Gasteiger partial charge >= 0.3 is 6.18 Å². The van der Waals surface area contributed by atoms with E-state index >= 15 is 0 Å². The van der Waals surface area contributed by atoms with Crippen molar-refractivity contribution in [1.29, 1.82) is 0 Å².